The summed E-state index contributed by atoms with van der Waals surface area (Å²) in [6.45, 7) is 6.06. The van der Waals surface area contributed by atoms with E-state index in [-0.39, 0.29) is 11.8 Å². The lowest BCUT2D eigenvalue weighted by molar-refractivity contribution is -0.143. The third-order valence-corrected chi connectivity index (χ3v) is 3.51. The zero-order valence-corrected chi connectivity index (χ0v) is 12.6. The SMILES string of the molecule is CCCCOCCCN(CC(C)C(=O)O)C(=O)C1CC1. The molecule has 1 fully saturated rings. The summed E-state index contributed by atoms with van der Waals surface area (Å²) in [5.74, 6) is -1.11. The van der Waals surface area contributed by atoms with Crippen molar-refractivity contribution in [2.24, 2.45) is 11.8 Å². The molecule has 1 rings (SSSR count). The highest BCUT2D eigenvalue weighted by molar-refractivity contribution is 5.81. The zero-order valence-electron chi connectivity index (χ0n) is 12.6. The first-order valence-corrected chi connectivity index (χ1v) is 7.65. The van der Waals surface area contributed by atoms with Gasteiger partial charge in [0.05, 0.1) is 5.92 Å². The van der Waals surface area contributed by atoms with Crippen LogP contribution in [0.5, 0.6) is 0 Å². The molecule has 1 saturated carbocycles. The molecule has 1 aliphatic carbocycles. The van der Waals surface area contributed by atoms with Crippen LogP contribution in [-0.2, 0) is 14.3 Å². The first-order valence-electron chi connectivity index (χ1n) is 7.65. The van der Waals surface area contributed by atoms with E-state index < -0.39 is 11.9 Å². The van der Waals surface area contributed by atoms with Gasteiger partial charge >= 0.3 is 5.97 Å². The predicted octanol–water partition coefficient (Wildman–Crippen LogP) is 2.15. The number of amides is 1. The van der Waals surface area contributed by atoms with Crippen molar-refractivity contribution in [3.8, 4) is 0 Å². The summed E-state index contributed by atoms with van der Waals surface area (Å²) in [6, 6.07) is 0. The molecule has 1 aliphatic rings. The summed E-state index contributed by atoms with van der Waals surface area (Å²) in [7, 11) is 0. The van der Waals surface area contributed by atoms with Gasteiger partial charge in [-0.1, -0.05) is 20.3 Å². The second-order valence-electron chi connectivity index (χ2n) is 5.62. The van der Waals surface area contributed by atoms with Gasteiger partial charge in [0.25, 0.3) is 0 Å². The molecule has 0 bridgehead atoms. The summed E-state index contributed by atoms with van der Waals surface area (Å²) in [5, 5.41) is 8.97. The monoisotopic (exact) mass is 285 g/mol. The summed E-state index contributed by atoms with van der Waals surface area (Å²) in [6.07, 6.45) is 4.84. The Bertz CT molecular complexity index is 315. The molecule has 20 heavy (non-hydrogen) atoms. The highest BCUT2D eigenvalue weighted by atomic mass is 16.5. The Kier molecular flexibility index (Phi) is 7.59. The highest BCUT2D eigenvalue weighted by Gasteiger charge is 2.34. The number of carboxylic acid groups (broad SMARTS) is 1. The van der Waals surface area contributed by atoms with Gasteiger partial charge in [-0.2, -0.15) is 0 Å². The number of hydrogen-bond acceptors (Lipinski definition) is 3. The van der Waals surface area contributed by atoms with Crippen LogP contribution >= 0.6 is 0 Å². The van der Waals surface area contributed by atoms with E-state index in [1.165, 1.54) is 0 Å². The predicted molar refractivity (Wildman–Crippen MR) is 76.4 cm³/mol. The van der Waals surface area contributed by atoms with Gasteiger partial charge in [0, 0.05) is 32.2 Å². The lowest BCUT2D eigenvalue weighted by Gasteiger charge is -2.24. The van der Waals surface area contributed by atoms with Crippen molar-refractivity contribution in [2.45, 2.75) is 46.0 Å². The largest absolute Gasteiger partial charge is 0.481 e. The summed E-state index contributed by atoms with van der Waals surface area (Å²) < 4.78 is 5.48. The molecule has 0 aliphatic heterocycles. The minimum Gasteiger partial charge on any atom is -0.481 e. The lowest BCUT2D eigenvalue weighted by Crippen LogP contribution is -2.38. The number of carbonyl (C=O) groups excluding carboxylic acids is 1. The van der Waals surface area contributed by atoms with E-state index in [4.69, 9.17) is 9.84 Å². The molecule has 0 radical (unpaired) electrons. The number of unbranched alkanes of at least 4 members (excludes halogenated alkanes) is 1. The first kappa shape index (κ1) is 17.0. The van der Waals surface area contributed by atoms with Crippen LogP contribution in [0.15, 0.2) is 0 Å². The fourth-order valence-corrected chi connectivity index (χ4v) is 1.99. The quantitative estimate of drug-likeness (QED) is 0.591. The molecular formula is C15H27NO4. The normalized spacial score (nSPS) is 15.9. The fraction of sp³-hybridized carbons (Fsp3) is 0.867. The molecule has 0 aromatic heterocycles. The van der Waals surface area contributed by atoms with Crippen molar-refractivity contribution in [3.05, 3.63) is 0 Å². The Morgan fingerprint density at radius 3 is 2.50 bits per heavy atom. The molecule has 5 nitrogen and oxygen atoms in total. The maximum Gasteiger partial charge on any atom is 0.308 e. The van der Waals surface area contributed by atoms with E-state index in [9.17, 15) is 9.59 Å². The minimum atomic E-state index is -0.849. The van der Waals surface area contributed by atoms with Crippen LogP contribution < -0.4 is 0 Å². The van der Waals surface area contributed by atoms with Gasteiger partial charge in [-0.15, -0.1) is 0 Å². The Labute approximate surface area is 121 Å². The van der Waals surface area contributed by atoms with Crippen molar-refractivity contribution in [2.75, 3.05) is 26.3 Å². The molecule has 0 aromatic carbocycles. The Balaban J connectivity index is 2.30. The molecular weight excluding hydrogens is 258 g/mol. The summed E-state index contributed by atoms with van der Waals surface area (Å²) in [5.41, 5.74) is 0. The first-order chi connectivity index (χ1) is 9.56. The van der Waals surface area contributed by atoms with E-state index >= 15 is 0 Å². The molecule has 1 atom stereocenters. The third kappa shape index (κ3) is 6.37. The second kappa shape index (κ2) is 8.95. The van der Waals surface area contributed by atoms with Crippen LogP contribution in [0.3, 0.4) is 0 Å². The molecule has 1 N–H and O–H groups in total. The van der Waals surface area contributed by atoms with Gasteiger partial charge in [0.15, 0.2) is 0 Å². The topological polar surface area (TPSA) is 66.8 Å². The molecule has 5 heteroatoms. The fourth-order valence-electron chi connectivity index (χ4n) is 1.99. The zero-order chi connectivity index (χ0) is 15.0. The maximum atomic E-state index is 12.1. The van der Waals surface area contributed by atoms with Crippen molar-refractivity contribution >= 4 is 11.9 Å². The number of carboxylic acids is 1. The van der Waals surface area contributed by atoms with Crippen molar-refractivity contribution < 1.29 is 19.4 Å². The van der Waals surface area contributed by atoms with Crippen LogP contribution in [0.1, 0.15) is 46.0 Å². The van der Waals surface area contributed by atoms with Crippen molar-refractivity contribution in [1.29, 1.82) is 0 Å². The Morgan fingerprint density at radius 1 is 1.30 bits per heavy atom. The smallest absolute Gasteiger partial charge is 0.308 e. The number of aliphatic carboxylic acids is 1. The van der Waals surface area contributed by atoms with E-state index in [0.29, 0.717) is 19.7 Å². The van der Waals surface area contributed by atoms with Crippen LogP contribution in [0, 0.1) is 11.8 Å². The van der Waals surface area contributed by atoms with Crippen LogP contribution in [0.2, 0.25) is 0 Å². The Hall–Kier alpha value is -1.10. The molecule has 0 saturated heterocycles. The molecule has 1 amide bonds. The van der Waals surface area contributed by atoms with Crippen molar-refractivity contribution in [3.63, 3.8) is 0 Å². The van der Waals surface area contributed by atoms with Crippen LogP contribution in [0.25, 0.3) is 0 Å². The minimum absolute atomic E-state index is 0.117. The summed E-state index contributed by atoms with van der Waals surface area (Å²) >= 11 is 0. The van der Waals surface area contributed by atoms with Gasteiger partial charge in [0.1, 0.15) is 0 Å². The average Bonchev–Trinajstić information content (AvgIpc) is 3.24. The van der Waals surface area contributed by atoms with Gasteiger partial charge in [-0.3, -0.25) is 9.59 Å². The van der Waals surface area contributed by atoms with Gasteiger partial charge in [0.2, 0.25) is 5.91 Å². The number of nitrogens with zero attached hydrogens (tertiary/aromatic N) is 1. The molecule has 0 spiro atoms. The van der Waals surface area contributed by atoms with E-state index in [0.717, 1.165) is 38.7 Å². The van der Waals surface area contributed by atoms with Crippen molar-refractivity contribution in [1.82, 2.24) is 4.90 Å². The number of ether oxygens (including phenoxy) is 1. The average molecular weight is 285 g/mol. The molecule has 0 heterocycles. The number of hydrogen-bond donors (Lipinski definition) is 1. The second-order valence-corrected chi connectivity index (χ2v) is 5.62. The number of carbonyl (C=O) groups is 2. The Morgan fingerprint density at radius 2 is 1.95 bits per heavy atom. The van der Waals surface area contributed by atoms with Crippen LogP contribution in [-0.4, -0.2) is 48.2 Å². The molecule has 116 valence electrons. The lowest BCUT2D eigenvalue weighted by atomic mass is 10.1. The number of rotatable bonds is 11. The van der Waals surface area contributed by atoms with E-state index in [1.807, 2.05) is 0 Å². The maximum absolute atomic E-state index is 12.1. The molecule has 1 unspecified atom stereocenters. The highest BCUT2D eigenvalue weighted by Crippen LogP contribution is 2.31. The van der Waals surface area contributed by atoms with E-state index in [2.05, 4.69) is 6.92 Å². The standard InChI is InChI=1S/C15H27NO4/c1-3-4-9-20-10-5-8-16(11-12(2)15(18)19)14(17)13-6-7-13/h12-13H,3-11H2,1-2H3,(H,18,19). The van der Waals surface area contributed by atoms with Gasteiger partial charge in [-0.05, 0) is 25.7 Å². The van der Waals surface area contributed by atoms with Gasteiger partial charge in [-0.25, -0.2) is 0 Å². The molecule has 0 aromatic rings. The third-order valence-electron chi connectivity index (χ3n) is 3.51. The summed E-state index contributed by atoms with van der Waals surface area (Å²) in [4.78, 5) is 24.8. The van der Waals surface area contributed by atoms with Crippen LogP contribution in [0.4, 0.5) is 0 Å². The van der Waals surface area contributed by atoms with Gasteiger partial charge < -0.3 is 14.7 Å². The van der Waals surface area contributed by atoms with E-state index in [1.54, 1.807) is 11.8 Å².